The van der Waals surface area contributed by atoms with Crippen molar-refractivity contribution in [3.05, 3.63) is 72.9 Å². The second kappa shape index (κ2) is 49.3. The molecule has 0 aromatic carbocycles. The Bertz CT molecular complexity index is 1150. The van der Waals surface area contributed by atoms with Gasteiger partial charge in [0.15, 0.2) is 0 Å². The lowest BCUT2D eigenvalue weighted by Crippen LogP contribution is -2.46. The third-order valence-corrected chi connectivity index (χ3v) is 11.6. The second-order valence-corrected chi connectivity index (χ2v) is 17.7. The largest absolute Gasteiger partial charge is 0.462 e. The standard InChI is InChI=1S/C56H99NO5/c1-4-7-10-13-16-19-21-23-25-27-28-30-32-34-37-40-43-46-49-56(61)62-52(47-44-41-38-36-33-31-29-26-24-22-20-17-14-11-8-5-2)50-55(60)57-53(51-58)54(59)48-45-42-39-35-18-15-12-9-6-3/h11,14,17,20,22,24,26,28-31,33,52-54,58-59H,4-10,12-13,15-16,18-19,21,23,25,27,32,34-51H2,1-3H3,(H,57,60)/b14-11+,20-17+,24-22+,29-26+,30-28+,33-31+. The van der Waals surface area contributed by atoms with Gasteiger partial charge >= 0.3 is 5.97 Å². The van der Waals surface area contributed by atoms with Gasteiger partial charge in [-0.1, -0.05) is 235 Å². The fraction of sp³-hybridized carbons (Fsp3) is 0.750. The van der Waals surface area contributed by atoms with Gasteiger partial charge in [0, 0.05) is 6.42 Å². The summed E-state index contributed by atoms with van der Waals surface area (Å²) < 4.78 is 5.92. The molecule has 0 rings (SSSR count). The van der Waals surface area contributed by atoms with Crippen LogP contribution in [0.15, 0.2) is 72.9 Å². The van der Waals surface area contributed by atoms with Gasteiger partial charge in [-0.25, -0.2) is 0 Å². The Morgan fingerprint density at radius 1 is 0.468 bits per heavy atom. The first-order chi connectivity index (χ1) is 30.5. The van der Waals surface area contributed by atoms with Gasteiger partial charge in [0.05, 0.1) is 25.2 Å². The van der Waals surface area contributed by atoms with E-state index in [0.29, 0.717) is 19.3 Å². The molecule has 0 radical (unpaired) electrons. The number of carbonyl (C=O) groups excluding carboxylic acids is 2. The van der Waals surface area contributed by atoms with E-state index in [9.17, 15) is 19.8 Å². The monoisotopic (exact) mass is 866 g/mol. The number of hydrogen-bond acceptors (Lipinski definition) is 5. The fourth-order valence-electron chi connectivity index (χ4n) is 7.63. The molecule has 0 fully saturated rings. The molecule has 6 nitrogen and oxygen atoms in total. The second-order valence-electron chi connectivity index (χ2n) is 17.7. The lowest BCUT2D eigenvalue weighted by Gasteiger charge is -2.24. The van der Waals surface area contributed by atoms with Crippen molar-refractivity contribution in [3.63, 3.8) is 0 Å². The summed E-state index contributed by atoms with van der Waals surface area (Å²) in [6.45, 7) is 6.36. The van der Waals surface area contributed by atoms with Gasteiger partial charge < -0.3 is 20.3 Å². The highest BCUT2D eigenvalue weighted by Crippen LogP contribution is 2.17. The molecule has 358 valence electrons. The number of allylic oxidation sites excluding steroid dienone is 12. The Hall–Kier alpha value is -2.70. The van der Waals surface area contributed by atoms with Gasteiger partial charge in [-0.3, -0.25) is 9.59 Å². The van der Waals surface area contributed by atoms with E-state index in [0.717, 1.165) is 77.0 Å². The highest BCUT2D eigenvalue weighted by atomic mass is 16.5. The molecule has 0 saturated carbocycles. The van der Waals surface area contributed by atoms with Crippen LogP contribution in [0, 0.1) is 0 Å². The smallest absolute Gasteiger partial charge is 0.306 e. The maximum Gasteiger partial charge on any atom is 0.306 e. The Kier molecular flexibility index (Phi) is 47.2. The van der Waals surface area contributed by atoms with Crippen LogP contribution in [-0.2, 0) is 14.3 Å². The maximum absolute atomic E-state index is 13.2. The average molecular weight is 866 g/mol. The number of amides is 1. The van der Waals surface area contributed by atoms with Crippen LogP contribution in [0.1, 0.15) is 245 Å². The van der Waals surface area contributed by atoms with Crippen molar-refractivity contribution < 1.29 is 24.5 Å². The Morgan fingerprint density at radius 2 is 0.871 bits per heavy atom. The zero-order valence-electron chi connectivity index (χ0n) is 40.7. The number of ether oxygens (including phenoxy) is 1. The van der Waals surface area contributed by atoms with Gasteiger partial charge in [0.2, 0.25) is 5.91 Å². The van der Waals surface area contributed by atoms with Crippen molar-refractivity contribution in [2.45, 2.75) is 264 Å². The molecular formula is C56H99NO5. The number of aliphatic hydroxyl groups is 2. The topological polar surface area (TPSA) is 95.9 Å². The quantitative estimate of drug-likeness (QED) is 0.0245. The average Bonchev–Trinajstić information content (AvgIpc) is 3.26. The molecule has 3 unspecified atom stereocenters. The fourth-order valence-corrected chi connectivity index (χ4v) is 7.63. The van der Waals surface area contributed by atoms with Crippen LogP contribution in [0.5, 0.6) is 0 Å². The number of hydrogen-bond donors (Lipinski definition) is 3. The van der Waals surface area contributed by atoms with Crippen molar-refractivity contribution in [2.24, 2.45) is 0 Å². The van der Waals surface area contributed by atoms with Crippen molar-refractivity contribution in [3.8, 4) is 0 Å². The van der Waals surface area contributed by atoms with Gasteiger partial charge in [0.25, 0.3) is 0 Å². The minimum absolute atomic E-state index is 0.0437. The molecule has 0 aromatic heterocycles. The van der Waals surface area contributed by atoms with E-state index in [2.05, 4.69) is 62.5 Å². The van der Waals surface area contributed by atoms with E-state index in [1.165, 1.54) is 122 Å². The normalized spacial score (nSPS) is 13.8. The van der Waals surface area contributed by atoms with Gasteiger partial charge in [0.1, 0.15) is 6.10 Å². The van der Waals surface area contributed by atoms with Crippen molar-refractivity contribution >= 4 is 11.9 Å². The molecule has 6 heteroatoms. The first kappa shape index (κ1) is 59.3. The molecule has 0 saturated heterocycles. The van der Waals surface area contributed by atoms with E-state index in [-0.39, 0.29) is 24.9 Å². The lowest BCUT2D eigenvalue weighted by molar-refractivity contribution is -0.151. The molecule has 0 spiro atoms. The molecule has 0 bridgehead atoms. The Morgan fingerprint density at radius 3 is 1.37 bits per heavy atom. The number of aliphatic hydroxyl groups excluding tert-OH is 2. The van der Waals surface area contributed by atoms with Crippen LogP contribution >= 0.6 is 0 Å². The Labute approximate surface area is 383 Å². The van der Waals surface area contributed by atoms with Gasteiger partial charge in [-0.2, -0.15) is 0 Å². The Balaban J connectivity index is 4.66. The van der Waals surface area contributed by atoms with Crippen LogP contribution in [0.3, 0.4) is 0 Å². The van der Waals surface area contributed by atoms with Crippen molar-refractivity contribution in [1.82, 2.24) is 5.32 Å². The van der Waals surface area contributed by atoms with E-state index >= 15 is 0 Å². The SMILES string of the molecule is CCC/C=C/C=C/C=C/C=C/C=C/CCCCCC(CC(=O)NC(CO)C(O)CCCCCCCCCCC)OC(=O)CCCCCCC/C=C/CCCCCCCCCCC. The lowest BCUT2D eigenvalue weighted by atomic mass is 10.0. The first-order valence-corrected chi connectivity index (χ1v) is 26.2. The predicted molar refractivity (Wildman–Crippen MR) is 268 cm³/mol. The summed E-state index contributed by atoms with van der Waals surface area (Å²) in [7, 11) is 0. The molecule has 0 aliphatic carbocycles. The van der Waals surface area contributed by atoms with Gasteiger partial charge in [-0.05, 0) is 70.6 Å². The number of esters is 1. The molecule has 0 aromatic rings. The summed E-state index contributed by atoms with van der Waals surface area (Å²) >= 11 is 0. The number of nitrogens with one attached hydrogen (secondary N) is 1. The third-order valence-electron chi connectivity index (χ3n) is 11.6. The third kappa shape index (κ3) is 43.9. The number of unbranched alkanes of at least 4 members (excludes halogenated alkanes) is 26. The molecule has 1 amide bonds. The summed E-state index contributed by atoms with van der Waals surface area (Å²) in [5.74, 6) is -0.527. The van der Waals surface area contributed by atoms with E-state index in [1.807, 2.05) is 36.5 Å². The van der Waals surface area contributed by atoms with E-state index in [4.69, 9.17) is 4.74 Å². The van der Waals surface area contributed by atoms with Crippen molar-refractivity contribution in [2.75, 3.05) is 6.61 Å². The van der Waals surface area contributed by atoms with E-state index < -0.39 is 18.2 Å². The highest BCUT2D eigenvalue weighted by molar-refractivity contribution is 5.77. The molecule has 3 atom stereocenters. The molecular weight excluding hydrogens is 767 g/mol. The van der Waals surface area contributed by atoms with Crippen LogP contribution < -0.4 is 5.32 Å². The van der Waals surface area contributed by atoms with Crippen LogP contribution in [0.4, 0.5) is 0 Å². The number of carbonyl (C=O) groups is 2. The summed E-state index contributed by atoms with van der Waals surface area (Å²) in [6, 6.07) is -0.719. The summed E-state index contributed by atoms with van der Waals surface area (Å²) in [4.78, 5) is 26.1. The highest BCUT2D eigenvalue weighted by Gasteiger charge is 2.24. The number of rotatable bonds is 46. The molecule has 62 heavy (non-hydrogen) atoms. The van der Waals surface area contributed by atoms with Crippen molar-refractivity contribution in [1.29, 1.82) is 0 Å². The summed E-state index contributed by atoms with van der Waals surface area (Å²) in [6.07, 6.45) is 62.5. The van der Waals surface area contributed by atoms with Crippen LogP contribution in [-0.4, -0.2) is 46.9 Å². The maximum atomic E-state index is 13.2. The summed E-state index contributed by atoms with van der Waals surface area (Å²) in [5, 5.41) is 23.7. The van der Waals surface area contributed by atoms with Gasteiger partial charge in [-0.15, -0.1) is 0 Å². The minimum Gasteiger partial charge on any atom is -0.462 e. The van der Waals surface area contributed by atoms with E-state index in [1.54, 1.807) is 0 Å². The molecule has 0 aliphatic heterocycles. The minimum atomic E-state index is -0.802. The molecule has 3 N–H and O–H groups in total. The van der Waals surface area contributed by atoms with Crippen LogP contribution in [0.25, 0.3) is 0 Å². The zero-order chi connectivity index (χ0) is 45.2. The summed E-state index contributed by atoms with van der Waals surface area (Å²) in [5.41, 5.74) is 0. The molecule has 0 heterocycles. The van der Waals surface area contributed by atoms with Crippen LogP contribution in [0.2, 0.25) is 0 Å². The zero-order valence-corrected chi connectivity index (χ0v) is 40.7. The molecule has 0 aliphatic rings. The first-order valence-electron chi connectivity index (χ1n) is 26.2. The predicted octanol–water partition coefficient (Wildman–Crippen LogP) is 15.8.